The van der Waals surface area contributed by atoms with Crippen molar-refractivity contribution in [3.8, 4) is 5.75 Å². The van der Waals surface area contributed by atoms with Crippen LogP contribution in [0.3, 0.4) is 0 Å². The minimum absolute atomic E-state index is 0.186. The zero-order valence-corrected chi connectivity index (χ0v) is 11.0. The largest absolute Gasteiger partial charge is 0.508 e. The van der Waals surface area contributed by atoms with Crippen LogP contribution in [0.5, 0.6) is 5.75 Å². The molecule has 0 aliphatic heterocycles. The minimum atomic E-state index is -0.186. The van der Waals surface area contributed by atoms with Gasteiger partial charge >= 0.3 is 0 Å². The summed E-state index contributed by atoms with van der Waals surface area (Å²) in [5.74, 6) is 1.88. The van der Waals surface area contributed by atoms with E-state index >= 15 is 0 Å². The number of phenolic OH excluding ortho intramolecular Hbond substituents is 1. The number of nitrogens with one attached hydrogen (secondary N) is 1. The smallest absolute Gasteiger partial charge is 0.143 e. The summed E-state index contributed by atoms with van der Waals surface area (Å²) >= 11 is 0. The SMILES string of the molecule is Cn1ccnc1C(Nc1ccc(O)cc1)c1ccco1. The molecule has 0 fully saturated rings. The van der Waals surface area contributed by atoms with Crippen LogP contribution in [0.2, 0.25) is 0 Å². The molecular weight excluding hydrogens is 254 g/mol. The molecule has 0 saturated carbocycles. The third-order valence-corrected chi connectivity index (χ3v) is 3.12. The van der Waals surface area contributed by atoms with Gasteiger partial charge in [-0.05, 0) is 36.4 Å². The van der Waals surface area contributed by atoms with E-state index in [0.717, 1.165) is 17.3 Å². The Hall–Kier alpha value is -2.69. The molecule has 1 unspecified atom stereocenters. The molecule has 0 aliphatic carbocycles. The Kier molecular flexibility index (Phi) is 3.16. The lowest BCUT2D eigenvalue weighted by atomic mass is 10.2. The Labute approximate surface area is 116 Å². The summed E-state index contributed by atoms with van der Waals surface area (Å²) in [6.45, 7) is 0. The second-order valence-electron chi connectivity index (χ2n) is 4.54. The molecule has 2 N–H and O–H groups in total. The minimum Gasteiger partial charge on any atom is -0.508 e. The molecule has 2 aromatic heterocycles. The van der Waals surface area contributed by atoms with E-state index in [0.29, 0.717) is 0 Å². The number of hydrogen-bond donors (Lipinski definition) is 2. The fraction of sp³-hybridized carbons (Fsp3) is 0.133. The van der Waals surface area contributed by atoms with Crippen LogP contribution in [0.1, 0.15) is 17.6 Å². The van der Waals surface area contributed by atoms with Gasteiger partial charge in [0.1, 0.15) is 23.4 Å². The zero-order valence-electron chi connectivity index (χ0n) is 11.0. The van der Waals surface area contributed by atoms with E-state index in [4.69, 9.17) is 4.42 Å². The molecule has 0 bridgehead atoms. The van der Waals surface area contributed by atoms with E-state index in [1.165, 1.54) is 0 Å². The molecule has 3 aromatic rings. The number of aryl methyl sites for hydroxylation is 1. The maximum atomic E-state index is 9.34. The molecule has 0 aliphatic rings. The van der Waals surface area contributed by atoms with E-state index in [2.05, 4.69) is 10.3 Å². The van der Waals surface area contributed by atoms with Crippen LogP contribution >= 0.6 is 0 Å². The van der Waals surface area contributed by atoms with Gasteiger partial charge in [-0.15, -0.1) is 0 Å². The molecule has 3 rings (SSSR count). The van der Waals surface area contributed by atoms with Crippen molar-refractivity contribution in [2.24, 2.45) is 7.05 Å². The number of aromatic nitrogens is 2. The number of furan rings is 1. The van der Waals surface area contributed by atoms with Crippen LogP contribution in [0, 0.1) is 0 Å². The summed E-state index contributed by atoms with van der Waals surface area (Å²) < 4.78 is 7.45. The number of phenols is 1. The van der Waals surface area contributed by atoms with Crippen molar-refractivity contribution in [2.75, 3.05) is 5.32 Å². The van der Waals surface area contributed by atoms with Crippen LogP contribution in [-0.4, -0.2) is 14.7 Å². The molecule has 5 heteroatoms. The lowest BCUT2D eigenvalue weighted by molar-refractivity contribution is 0.475. The molecule has 5 nitrogen and oxygen atoms in total. The molecule has 0 spiro atoms. The highest BCUT2D eigenvalue weighted by molar-refractivity contribution is 5.48. The molecule has 0 amide bonds. The lowest BCUT2D eigenvalue weighted by Gasteiger charge is -2.17. The maximum absolute atomic E-state index is 9.34. The quantitative estimate of drug-likeness (QED) is 0.715. The Morgan fingerprint density at radius 2 is 2.05 bits per heavy atom. The van der Waals surface area contributed by atoms with E-state index in [-0.39, 0.29) is 11.8 Å². The second kappa shape index (κ2) is 5.13. The van der Waals surface area contributed by atoms with Crippen LogP contribution in [0.4, 0.5) is 5.69 Å². The number of aromatic hydroxyl groups is 1. The number of anilines is 1. The van der Waals surface area contributed by atoms with E-state index in [1.807, 2.05) is 42.1 Å². The molecule has 0 radical (unpaired) electrons. The van der Waals surface area contributed by atoms with Crippen molar-refractivity contribution in [1.29, 1.82) is 0 Å². The van der Waals surface area contributed by atoms with Gasteiger partial charge in [0.2, 0.25) is 0 Å². The topological polar surface area (TPSA) is 63.2 Å². The first-order valence-corrected chi connectivity index (χ1v) is 6.30. The third kappa shape index (κ3) is 2.38. The lowest BCUT2D eigenvalue weighted by Crippen LogP contribution is -2.16. The molecule has 102 valence electrons. The molecular formula is C15H15N3O2. The monoisotopic (exact) mass is 269 g/mol. The fourth-order valence-electron chi connectivity index (χ4n) is 2.10. The Balaban J connectivity index is 1.94. The number of imidazole rings is 1. The molecule has 20 heavy (non-hydrogen) atoms. The Morgan fingerprint density at radius 1 is 1.25 bits per heavy atom. The van der Waals surface area contributed by atoms with Crippen LogP contribution in [-0.2, 0) is 7.05 Å². The van der Waals surface area contributed by atoms with Gasteiger partial charge in [-0.2, -0.15) is 0 Å². The van der Waals surface area contributed by atoms with Gasteiger partial charge < -0.3 is 19.4 Å². The summed E-state index contributed by atoms with van der Waals surface area (Å²) in [6, 6.07) is 10.5. The molecule has 1 aromatic carbocycles. The first-order chi connectivity index (χ1) is 9.74. The van der Waals surface area contributed by atoms with E-state index in [1.54, 1.807) is 24.6 Å². The van der Waals surface area contributed by atoms with Crippen molar-refractivity contribution >= 4 is 5.69 Å². The fourth-order valence-corrected chi connectivity index (χ4v) is 2.10. The van der Waals surface area contributed by atoms with Crippen molar-refractivity contribution in [3.63, 3.8) is 0 Å². The standard InChI is InChI=1S/C15H15N3O2/c1-18-9-8-16-15(18)14(13-3-2-10-20-13)17-11-4-6-12(19)7-5-11/h2-10,14,17,19H,1H3. The van der Waals surface area contributed by atoms with Gasteiger partial charge in [-0.3, -0.25) is 0 Å². The van der Waals surface area contributed by atoms with Crippen LogP contribution in [0.25, 0.3) is 0 Å². The highest BCUT2D eigenvalue weighted by Crippen LogP contribution is 2.26. The van der Waals surface area contributed by atoms with Gasteiger partial charge in [0.05, 0.1) is 6.26 Å². The number of benzene rings is 1. The molecule has 1 atom stereocenters. The van der Waals surface area contributed by atoms with Gasteiger partial charge in [0.15, 0.2) is 0 Å². The third-order valence-electron chi connectivity index (χ3n) is 3.12. The normalized spacial score (nSPS) is 12.2. The van der Waals surface area contributed by atoms with Gasteiger partial charge in [0, 0.05) is 25.1 Å². The summed E-state index contributed by atoms with van der Waals surface area (Å²) in [7, 11) is 1.94. The highest BCUT2D eigenvalue weighted by atomic mass is 16.3. The zero-order chi connectivity index (χ0) is 13.9. The highest BCUT2D eigenvalue weighted by Gasteiger charge is 2.20. The Morgan fingerprint density at radius 3 is 2.65 bits per heavy atom. The average molecular weight is 269 g/mol. The average Bonchev–Trinajstić information content (AvgIpc) is 3.10. The van der Waals surface area contributed by atoms with E-state index in [9.17, 15) is 5.11 Å². The van der Waals surface area contributed by atoms with Gasteiger partial charge in [0.25, 0.3) is 0 Å². The summed E-state index contributed by atoms with van der Waals surface area (Å²) in [5.41, 5.74) is 0.882. The molecule has 2 heterocycles. The van der Waals surface area contributed by atoms with Crippen molar-refractivity contribution in [2.45, 2.75) is 6.04 Å². The van der Waals surface area contributed by atoms with Crippen molar-refractivity contribution in [3.05, 3.63) is 66.6 Å². The first kappa shape index (κ1) is 12.3. The number of nitrogens with zero attached hydrogens (tertiary/aromatic N) is 2. The summed E-state index contributed by atoms with van der Waals surface area (Å²) in [5, 5.41) is 12.7. The van der Waals surface area contributed by atoms with Crippen LogP contribution in [0.15, 0.2) is 59.5 Å². The predicted octanol–water partition coefficient (Wildman–Crippen LogP) is 2.92. The Bertz CT molecular complexity index is 671. The number of rotatable bonds is 4. The molecule has 0 saturated heterocycles. The van der Waals surface area contributed by atoms with Crippen molar-refractivity contribution in [1.82, 2.24) is 9.55 Å². The first-order valence-electron chi connectivity index (χ1n) is 6.30. The maximum Gasteiger partial charge on any atom is 0.143 e. The van der Waals surface area contributed by atoms with Gasteiger partial charge in [-0.1, -0.05) is 0 Å². The summed E-state index contributed by atoms with van der Waals surface area (Å²) in [4.78, 5) is 4.38. The number of hydrogen-bond acceptors (Lipinski definition) is 4. The predicted molar refractivity (Wildman–Crippen MR) is 75.5 cm³/mol. The summed E-state index contributed by atoms with van der Waals surface area (Å²) in [6.07, 6.45) is 5.29. The van der Waals surface area contributed by atoms with Gasteiger partial charge in [-0.25, -0.2) is 4.98 Å². The van der Waals surface area contributed by atoms with E-state index < -0.39 is 0 Å². The second-order valence-corrected chi connectivity index (χ2v) is 4.54. The van der Waals surface area contributed by atoms with Crippen molar-refractivity contribution < 1.29 is 9.52 Å². The van der Waals surface area contributed by atoms with Crippen LogP contribution < -0.4 is 5.32 Å².